The molecule has 3 aromatic rings. The summed E-state index contributed by atoms with van der Waals surface area (Å²) in [5.41, 5.74) is 1.10. The molecule has 1 heterocycles. The first-order valence-corrected chi connectivity index (χ1v) is 8.90. The largest absolute Gasteiger partial charge is 0.453 e. The summed E-state index contributed by atoms with van der Waals surface area (Å²) in [7, 11) is 0. The zero-order chi connectivity index (χ0) is 19.9. The third kappa shape index (κ3) is 5.13. The van der Waals surface area contributed by atoms with Crippen LogP contribution < -0.4 is 10.1 Å². The van der Waals surface area contributed by atoms with Crippen LogP contribution in [0.1, 0.15) is 30.4 Å². The molecule has 144 valence electrons. The van der Waals surface area contributed by atoms with E-state index in [-0.39, 0.29) is 36.4 Å². The molecule has 0 aliphatic rings. The maximum absolute atomic E-state index is 14.2. The normalized spacial score (nSPS) is 11.7. The van der Waals surface area contributed by atoms with Gasteiger partial charge in [0.15, 0.2) is 11.6 Å². The van der Waals surface area contributed by atoms with Crippen LogP contribution in [0.15, 0.2) is 67.0 Å². The predicted octanol–water partition coefficient (Wildman–Crippen LogP) is 4.96. The quantitative estimate of drug-likeness (QED) is 0.628. The predicted molar refractivity (Wildman–Crippen MR) is 102 cm³/mol. The lowest BCUT2D eigenvalue weighted by molar-refractivity contribution is -0.121. The van der Waals surface area contributed by atoms with Crippen LogP contribution in [0.3, 0.4) is 0 Å². The average molecular weight is 382 g/mol. The summed E-state index contributed by atoms with van der Waals surface area (Å²) in [6, 6.07) is 14.3. The van der Waals surface area contributed by atoms with Gasteiger partial charge in [0.25, 0.3) is 0 Å². The number of hydrogen-bond acceptors (Lipinski definition) is 3. The number of halogens is 2. The highest BCUT2D eigenvalue weighted by Crippen LogP contribution is 2.25. The number of pyridine rings is 1. The zero-order valence-corrected chi connectivity index (χ0v) is 15.4. The van der Waals surface area contributed by atoms with Gasteiger partial charge in [-0.2, -0.15) is 0 Å². The van der Waals surface area contributed by atoms with Gasteiger partial charge in [0.1, 0.15) is 11.6 Å². The van der Waals surface area contributed by atoms with E-state index >= 15 is 0 Å². The maximum Gasteiger partial charge on any atom is 0.220 e. The van der Waals surface area contributed by atoms with Crippen LogP contribution in [0.25, 0.3) is 0 Å². The molecule has 1 aromatic heterocycles. The molecule has 4 nitrogen and oxygen atoms in total. The highest BCUT2D eigenvalue weighted by atomic mass is 19.1. The second kappa shape index (κ2) is 9.08. The topological polar surface area (TPSA) is 51.2 Å². The Labute approximate surface area is 162 Å². The van der Waals surface area contributed by atoms with Gasteiger partial charge in [-0.3, -0.25) is 9.78 Å². The zero-order valence-electron chi connectivity index (χ0n) is 15.4. The van der Waals surface area contributed by atoms with Crippen LogP contribution in [0.5, 0.6) is 11.5 Å². The number of rotatable bonds is 7. The van der Waals surface area contributed by atoms with Gasteiger partial charge in [-0.15, -0.1) is 0 Å². The minimum absolute atomic E-state index is 0.0799. The van der Waals surface area contributed by atoms with Crippen LogP contribution >= 0.6 is 0 Å². The highest BCUT2D eigenvalue weighted by molar-refractivity contribution is 5.76. The van der Waals surface area contributed by atoms with E-state index in [1.54, 1.807) is 49.5 Å². The second-order valence-corrected chi connectivity index (χ2v) is 6.46. The molecule has 1 atom stereocenters. The highest BCUT2D eigenvalue weighted by Gasteiger charge is 2.14. The number of carbonyl (C=O) groups excluding carboxylic acids is 1. The van der Waals surface area contributed by atoms with Gasteiger partial charge in [0.2, 0.25) is 5.91 Å². The van der Waals surface area contributed by atoms with Gasteiger partial charge < -0.3 is 10.1 Å². The lowest BCUT2D eigenvalue weighted by atomic mass is 9.97. The molecule has 28 heavy (non-hydrogen) atoms. The van der Waals surface area contributed by atoms with Crippen molar-refractivity contribution >= 4 is 5.91 Å². The Morgan fingerprint density at radius 1 is 1.11 bits per heavy atom. The van der Waals surface area contributed by atoms with E-state index in [2.05, 4.69) is 10.3 Å². The number of nitrogens with one attached hydrogen (secondary N) is 1. The molecule has 0 saturated carbocycles. The summed E-state index contributed by atoms with van der Waals surface area (Å²) in [4.78, 5) is 16.1. The summed E-state index contributed by atoms with van der Waals surface area (Å²) in [5, 5.41) is 2.74. The molecule has 2 aromatic carbocycles. The first kappa shape index (κ1) is 19.5. The number of nitrogens with zero attached hydrogens (tertiary/aromatic N) is 1. The van der Waals surface area contributed by atoms with E-state index in [1.165, 1.54) is 24.4 Å². The molecule has 0 radical (unpaired) electrons. The molecule has 3 rings (SSSR count). The molecule has 0 bridgehead atoms. The van der Waals surface area contributed by atoms with Crippen molar-refractivity contribution in [2.75, 3.05) is 0 Å². The molecular formula is C22H20F2N2O2. The number of hydrogen-bond donors (Lipinski definition) is 1. The summed E-state index contributed by atoms with van der Waals surface area (Å²) in [6.45, 7) is 1.97. The molecule has 0 saturated heterocycles. The van der Waals surface area contributed by atoms with Crippen LogP contribution in [-0.4, -0.2) is 10.9 Å². The third-order valence-corrected chi connectivity index (χ3v) is 4.28. The Morgan fingerprint density at radius 2 is 1.93 bits per heavy atom. The van der Waals surface area contributed by atoms with Crippen molar-refractivity contribution in [1.29, 1.82) is 0 Å². The summed E-state index contributed by atoms with van der Waals surface area (Å²) >= 11 is 0. The minimum atomic E-state index is -0.532. The Balaban J connectivity index is 1.55. The Bertz CT molecular complexity index is 948. The van der Waals surface area contributed by atoms with Crippen molar-refractivity contribution in [1.82, 2.24) is 10.3 Å². The fraction of sp³-hybridized carbons (Fsp3) is 0.182. The first-order valence-electron chi connectivity index (χ1n) is 8.90. The van der Waals surface area contributed by atoms with Crippen molar-refractivity contribution < 1.29 is 18.3 Å². The minimum Gasteiger partial charge on any atom is -0.453 e. The molecule has 1 N–H and O–H groups in total. The molecular weight excluding hydrogens is 362 g/mol. The van der Waals surface area contributed by atoms with Crippen molar-refractivity contribution in [3.05, 3.63) is 89.8 Å². The van der Waals surface area contributed by atoms with Crippen LogP contribution in [0.2, 0.25) is 0 Å². The summed E-state index contributed by atoms with van der Waals surface area (Å²) < 4.78 is 33.5. The SMILES string of the molecule is CC(CC(=O)NCc1ccc(Oc2cccnc2)c(F)c1)c1ccccc1F. The van der Waals surface area contributed by atoms with E-state index in [9.17, 15) is 13.6 Å². The van der Waals surface area contributed by atoms with E-state index in [0.717, 1.165) is 0 Å². The van der Waals surface area contributed by atoms with Crippen molar-refractivity contribution in [2.24, 2.45) is 0 Å². The van der Waals surface area contributed by atoms with Gasteiger partial charge in [-0.05, 0) is 47.4 Å². The third-order valence-electron chi connectivity index (χ3n) is 4.28. The van der Waals surface area contributed by atoms with Crippen molar-refractivity contribution in [3.8, 4) is 11.5 Å². The Hall–Kier alpha value is -3.28. The fourth-order valence-electron chi connectivity index (χ4n) is 2.81. The number of benzene rings is 2. The lowest BCUT2D eigenvalue weighted by Crippen LogP contribution is -2.24. The van der Waals surface area contributed by atoms with Crippen LogP contribution in [0.4, 0.5) is 8.78 Å². The van der Waals surface area contributed by atoms with Crippen LogP contribution in [-0.2, 0) is 11.3 Å². The Morgan fingerprint density at radius 3 is 2.64 bits per heavy atom. The first-order chi connectivity index (χ1) is 13.5. The molecule has 1 amide bonds. The molecule has 0 aliphatic heterocycles. The van der Waals surface area contributed by atoms with Gasteiger partial charge >= 0.3 is 0 Å². The molecule has 0 aliphatic carbocycles. The average Bonchev–Trinajstić information content (AvgIpc) is 2.69. The standard InChI is InChI=1S/C22H20F2N2O2/c1-15(18-6-2-3-7-19(18)23)11-22(27)26-13-16-8-9-21(20(24)12-16)28-17-5-4-10-25-14-17/h2-10,12,14-15H,11,13H2,1H3,(H,26,27). The molecule has 6 heteroatoms. The maximum atomic E-state index is 14.2. The Kier molecular flexibility index (Phi) is 6.32. The smallest absolute Gasteiger partial charge is 0.220 e. The monoisotopic (exact) mass is 382 g/mol. The number of amides is 1. The summed E-state index contributed by atoms with van der Waals surface area (Å²) in [5.74, 6) is -0.828. The van der Waals surface area contributed by atoms with Crippen LogP contribution in [0, 0.1) is 11.6 Å². The van der Waals surface area contributed by atoms with E-state index in [4.69, 9.17) is 4.74 Å². The van der Waals surface area contributed by atoms with E-state index < -0.39 is 5.82 Å². The molecule has 1 unspecified atom stereocenters. The number of carbonyl (C=O) groups is 1. The summed E-state index contributed by atoms with van der Waals surface area (Å²) in [6.07, 6.45) is 3.23. The van der Waals surface area contributed by atoms with E-state index in [1.807, 2.05) is 0 Å². The van der Waals surface area contributed by atoms with Gasteiger partial charge in [-0.25, -0.2) is 8.78 Å². The fourth-order valence-corrected chi connectivity index (χ4v) is 2.81. The van der Waals surface area contributed by atoms with Gasteiger partial charge in [0, 0.05) is 19.2 Å². The van der Waals surface area contributed by atoms with Gasteiger partial charge in [0.05, 0.1) is 6.20 Å². The van der Waals surface area contributed by atoms with Gasteiger partial charge in [-0.1, -0.05) is 31.2 Å². The van der Waals surface area contributed by atoms with Crippen molar-refractivity contribution in [2.45, 2.75) is 25.8 Å². The number of aromatic nitrogens is 1. The van der Waals surface area contributed by atoms with E-state index in [0.29, 0.717) is 16.9 Å². The second-order valence-electron chi connectivity index (χ2n) is 6.46. The molecule has 0 fully saturated rings. The number of ether oxygens (including phenoxy) is 1. The lowest BCUT2D eigenvalue weighted by Gasteiger charge is -2.13. The van der Waals surface area contributed by atoms with Crippen molar-refractivity contribution in [3.63, 3.8) is 0 Å². The molecule has 0 spiro atoms.